The van der Waals surface area contributed by atoms with Gasteiger partial charge in [0, 0.05) is 26.4 Å². The monoisotopic (exact) mass is 409 g/mol. The number of quaternary nitrogens is 1. The third kappa shape index (κ3) is 4.20. The normalized spacial score (nSPS) is 12.3. The van der Waals surface area contributed by atoms with E-state index in [1.807, 2.05) is 12.1 Å². The van der Waals surface area contributed by atoms with Gasteiger partial charge in [0.2, 0.25) is 0 Å². The molecule has 0 bridgehead atoms. The summed E-state index contributed by atoms with van der Waals surface area (Å²) in [5.41, 5.74) is 3.56. The molecule has 0 aliphatic carbocycles. The minimum absolute atomic E-state index is 0.897. The summed E-state index contributed by atoms with van der Waals surface area (Å²) in [6.07, 6.45) is 0. The summed E-state index contributed by atoms with van der Waals surface area (Å²) in [5, 5.41) is 7.50. The minimum Gasteiger partial charge on any atom is -0.496 e. The van der Waals surface area contributed by atoms with Crippen molar-refractivity contribution >= 4 is 38.6 Å². The number of hydrogen-bond donors (Lipinski definition) is 1. The average molecular weight is 410 g/mol. The maximum atomic E-state index is 5.46. The van der Waals surface area contributed by atoms with E-state index >= 15 is 0 Å². The molecule has 0 fully saturated rings. The molecule has 1 N–H and O–H groups in total. The molecule has 23 heavy (non-hydrogen) atoms. The van der Waals surface area contributed by atoms with Crippen LogP contribution >= 0.6 is 38.6 Å². The van der Waals surface area contributed by atoms with Crippen LogP contribution in [-0.2, 0) is 13.1 Å². The fraction of sp³-hybridized carbons (Fsp3) is 0.235. The van der Waals surface area contributed by atoms with Gasteiger partial charge in [-0.15, -0.1) is 11.3 Å². The highest BCUT2D eigenvalue weighted by atomic mass is 79.9. The molecule has 3 rings (SSSR count). The summed E-state index contributed by atoms with van der Waals surface area (Å²) < 4.78 is 6.54. The van der Waals surface area contributed by atoms with Crippen molar-refractivity contribution < 1.29 is 9.64 Å². The van der Waals surface area contributed by atoms with Gasteiger partial charge in [-0.25, -0.2) is 4.98 Å². The first-order chi connectivity index (χ1) is 11.2. The van der Waals surface area contributed by atoms with Crippen molar-refractivity contribution in [3.63, 3.8) is 0 Å². The van der Waals surface area contributed by atoms with E-state index in [9.17, 15) is 0 Å². The summed E-state index contributed by atoms with van der Waals surface area (Å²) >= 11 is 6.96. The third-order valence-electron chi connectivity index (χ3n) is 3.54. The largest absolute Gasteiger partial charge is 0.496 e. The highest BCUT2D eigenvalue weighted by Gasteiger charge is 2.13. The number of thiazole rings is 1. The van der Waals surface area contributed by atoms with Crippen molar-refractivity contribution in [2.45, 2.75) is 13.1 Å². The number of nitrogens with one attached hydrogen (secondary N) is 1. The molecule has 6 heteroatoms. The van der Waals surface area contributed by atoms with Crippen LogP contribution in [0.1, 0.15) is 11.3 Å². The minimum atomic E-state index is 0.897. The number of thiophene rings is 1. The Morgan fingerprint density at radius 1 is 1.22 bits per heavy atom. The summed E-state index contributed by atoms with van der Waals surface area (Å²) in [5.74, 6) is 0.935. The number of rotatable bonds is 6. The van der Waals surface area contributed by atoms with Gasteiger partial charge in [0.25, 0.3) is 0 Å². The smallest absolute Gasteiger partial charge is 0.127 e. The van der Waals surface area contributed by atoms with E-state index in [2.05, 4.69) is 51.3 Å². The van der Waals surface area contributed by atoms with Gasteiger partial charge < -0.3 is 9.64 Å². The van der Waals surface area contributed by atoms with Crippen LogP contribution < -0.4 is 9.64 Å². The highest BCUT2D eigenvalue weighted by Crippen LogP contribution is 2.25. The van der Waals surface area contributed by atoms with Gasteiger partial charge in [-0.2, -0.15) is 11.3 Å². The summed E-state index contributed by atoms with van der Waals surface area (Å²) in [6.45, 7) is 1.80. The van der Waals surface area contributed by atoms with Crippen LogP contribution in [-0.4, -0.2) is 19.1 Å². The molecular weight excluding hydrogens is 392 g/mol. The maximum Gasteiger partial charge on any atom is 0.127 e. The van der Waals surface area contributed by atoms with Gasteiger partial charge in [-0.05, 0) is 29.6 Å². The number of halogens is 1. The van der Waals surface area contributed by atoms with E-state index in [4.69, 9.17) is 9.72 Å². The van der Waals surface area contributed by atoms with Crippen molar-refractivity contribution in [1.29, 1.82) is 0 Å². The fourth-order valence-electron chi connectivity index (χ4n) is 2.49. The van der Waals surface area contributed by atoms with Crippen LogP contribution in [0.2, 0.25) is 0 Å². The molecule has 1 unspecified atom stereocenters. The van der Waals surface area contributed by atoms with Crippen molar-refractivity contribution in [3.8, 4) is 16.3 Å². The molecular formula is C17H18BrN2OS2+. The number of nitrogens with zero attached hydrogens (tertiary/aromatic N) is 1. The number of benzene rings is 1. The molecule has 0 amide bonds. The van der Waals surface area contributed by atoms with Gasteiger partial charge in [0.05, 0.1) is 14.2 Å². The van der Waals surface area contributed by atoms with E-state index in [-0.39, 0.29) is 0 Å². The standard InChI is InChI=1S/C17H17BrN2OS2/c1-20(8-13-7-14(18)3-4-16(13)21-2)9-15-11-23-17(19-15)12-5-6-22-10-12/h3-7,10-11H,8-9H2,1-2H3/p+1. The van der Waals surface area contributed by atoms with Gasteiger partial charge in [-0.1, -0.05) is 15.9 Å². The lowest BCUT2D eigenvalue weighted by Crippen LogP contribution is -3.06. The van der Waals surface area contributed by atoms with Crippen LogP contribution in [0.25, 0.3) is 10.6 Å². The molecule has 0 aliphatic heterocycles. The Kier molecular flexibility index (Phi) is 5.48. The molecule has 2 aromatic heterocycles. The summed E-state index contributed by atoms with van der Waals surface area (Å²) in [7, 11) is 3.90. The lowest BCUT2D eigenvalue weighted by atomic mass is 10.2. The number of hydrogen-bond acceptors (Lipinski definition) is 4. The molecule has 0 aliphatic rings. The molecule has 2 heterocycles. The zero-order valence-electron chi connectivity index (χ0n) is 13.0. The Bertz CT molecular complexity index is 771. The second kappa shape index (κ2) is 7.57. The molecule has 0 saturated heterocycles. The molecule has 120 valence electrons. The first-order valence-electron chi connectivity index (χ1n) is 7.26. The molecule has 1 atom stereocenters. The third-order valence-corrected chi connectivity index (χ3v) is 5.65. The summed E-state index contributed by atoms with van der Waals surface area (Å²) in [6, 6.07) is 8.26. The number of methoxy groups -OCH3 is 1. The predicted octanol–water partition coefficient (Wildman–Crippen LogP) is 3.86. The maximum absolute atomic E-state index is 5.46. The average Bonchev–Trinajstić information content (AvgIpc) is 3.18. The molecule has 0 saturated carbocycles. The van der Waals surface area contributed by atoms with Crippen LogP contribution in [0.3, 0.4) is 0 Å². The lowest BCUT2D eigenvalue weighted by Gasteiger charge is -2.15. The highest BCUT2D eigenvalue weighted by molar-refractivity contribution is 9.10. The van der Waals surface area contributed by atoms with E-state index < -0.39 is 0 Å². The van der Waals surface area contributed by atoms with E-state index in [1.165, 1.54) is 16.0 Å². The Morgan fingerprint density at radius 2 is 2.09 bits per heavy atom. The lowest BCUT2D eigenvalue weighted by molar-refractivity contribution is -0.908. The SMILES string of the molecule is COc1ccc(Br)cc1C[NH+](C)Cc1csc(-c2ccsc2)n1. The fourth-order valence-corrected chi connectivity index (χ4v) is 4.43. The second-order valence-electron chi connectivity index (χ2n) is 5.42. The molecule has 1 aromatic carbocycles. The molecule has 0 spiro atoms. The van der Waals surface area contributed by atoms with Crippen molar-refractivity contribution in [2.24, 2.45) is 0 Å². The van der Waals surface area contributed by atoms with Crippen molar-refractivity contribution in [2.75, 3.05) is 14.2 Å². The first-order valence-corrected chi connectivity index (χ1v) is 9.88. The Balaban J connectivity index is 1.68. The van der Waals surface area contributed by atoms with E-state index in [0.29, 0.717) is 0 Å². The quantitative estimate of drug-likeness (QED) is 0.668. The van der Waals surface area contributed by atoms with Gasteiger partial charge in [-0.3, -0.25) is 0 Å². The van der Waals surface area contributed by atoms with Crippen molar-refractivity contribution in [1.82, 2.24) is 4.98 Å². The second-order valence-corrected chi connectivity index (χ2v) is 7.98. The van der Waals surface area contributed by atoms with Crippen LogP contribution in [0.15, 0.2) is 44.9 Å². The van der Waals surface area contributed by atoms with E-state index in [1.54, 1.807) is 29.8 Å². The zero-order chi connectivity index (χ0) is 16.2. The zero-order valence-corrected chi connectivity index (χ0v) is 16.2. The Hall–Kier alpha value is -1.21. The van der Waals surface area contributed by atoms with Crippen LogP contribution in [0.4, 0.5) is 0 Å². The van der Waals surface area contributed by atoms with Gasteiger partial charge in [0.15, 0.2) is 0 Å². The van der Waals surface area contributed by atoms with Gasteiger partial charge in [0.1, 0.15) is 29.5 Å². The Labute approximate surface area is 152 Å². The van der Waals surface area contributed by atoms with Crippen LogP contribution in [0.5, 0.6) is 5.75 Å². The topological polar surface area (TPSA) is 26.6 Å². The summed E-state index contributed by atoms with van der Waals surface area (Å²) in [4.78, 5) is 6.14. The first kappa shape index (κ1) is 16.6. The molecule has 0 radical (unpaired) electrons. The number of aromatic nitrogens is 1. The molecule has 3 aromatic rings. The number of ether oxygens (including phenoxy) is 1. The molecule has 3 nitrogen and oxygen atoms in total. The van der Waals surface area contributed by atoms with E-state index in [0.717, 1.165) is 34.0 Å². The van der Waals surface area contributed by atoms with Gasteiger partial charge >= 0.3 is 0 Å². The Morgan fingerprint density at radius 3 is 2.83 bits per heavy atom. The predicted molar refractivity (Wildman–Crippen MR) is 100 cm³/mol. The van der Waals surface area contributed by atoms with Crippen LogP contribution in [0, 0.1) is 0 Å². The van der Waals surface area contributed by atoms with Crippen molar-refractivity contribution in [3.05, 3.63) is 56.1 Å².